The highest BCUT2D eigenvalue weighted by atomic mass is 79.9. The van der Waals surface area contributed by atoms with E-state index in [0.29, 0.717) is 16.5 Å². The van der Waals surface area contributed by atoms with Crippen molar-refractivity contribution in [1.29, 1.82) is 0 Å². The number of nitrogens with zero attached hydrogens (tertiary/aromatic N) is 4. The standard InChI is InChI=1S/C19H15BrClN5O/c1-25-10-12(9-22-25)19-24-16-8-13(20)2-7-17(16)26(19)11-18(27)23-15-5-3-14(21)4-6-15/h2-10H,11H2,1H3,(H,23,27). The molecule has 0 saturated carbocycles. The van der Waals surface area contributed by atoms with Crippen molar-refractivity contribution in [3.05, 3.63) is 64.4 Å². The fourth-order valence-corrected chi connectivity index (χ4v) is 3.37. The van der Waals surface area contributed by atoms with Gasteiger partial charge in [-0.3, -0.25) is 9.48 Å². The van der Waals surface area contributed by atoms with Crippen molar-refractivity contribution < 1.29 is 4.79 Å². The molecule has 0 bridgehead atoms. The molecule has 2 aromatic heterocycles. The zero-order valence-corrected chi connectivity index (χ0v) is 16.7. The molecule has 1 N–H and O–H groups in total. The lowest BCUT2D eigenvalue weighted by Gasteiger charge is -2.09. The van der Waals surface area contributed by atoms with E-state index in [1.54, 1.807) is 35.1 Å². The number of anilines is 1. The Kier molecular flexibility index (Phi) is 4.72. The van der Waals surface area contributed by atoms with E-state index in [1.165, 1.54) is 0 Å². The first kappa shape index (κ1) is 17.8. The number of halogens is 2. The fourth-order valence-electron chi connectivity index (χ4n) is 2.90. The maximum atomic E-state index is 12.6. The molecule has 0 unspecified atom stereocenters. The highest BCUT2D eigenvalue weighted by Crippen LogP contribution is 2.27. The Bertz CT molecular complexity index is 1130. The maximum Gasteiger partial charge on any atom is 0.244 e. The number of hydrogen-bond acceptors (Lipinski definition) is 3. The van der Waals surface area contributed by atoms with Crippen molar-refractivity contribution in [2.45, 2.75) is 6.54 Å². The Morgan fingerprint density at radius 3 is 2.70 bits per heavy atom. The molecule has 2 aromatic carbocycles. The number of aryl methyl sites for hydroxylation is 1. The average Bonchev–Trinajstić information content (AvgIpc) is 3.20. The van der Waals surface area contributed by atoms with Crippen molar-refractivity contribution >= 4 is 50.2 Å². The second-order valence-electron chi connectivity index (χ2n) is 6.11. The molecule has 27 heavy (non-hydrogen) atoms. The van der Waals surface area contributed by atoms with Gasteiger partial charge >= 0.3 is 0 Å². The lowest BCUT2D eigenvalue weighted by Crippen LogP contribution is -2.19. The van der Waals surface area contributed by atoms with E-state index in [1.807, 2.05) is 36.0 Å². The summed E-state index contributed by atoms with van der Waals surface area (Å²) in [6.07, 6.45) is 3.62. The van der Waals surface area contributed by atoms with Gasteiger partial charge in [-0.1, -0.05) is 27.5 Å². The first-order valence-electron chi connectivity index (χ1n) is 8.20. The number of fused-ring (bicyclic) bond motifs is 1. The number of hydrogen-bond donors (Lipinski definition) is 1. The van der Waals surface area contributed by atoms with Gasteiger partial charge in [0.25, 0.3) is 0 Å². The molecular formula is C19H15BrClN5O. The van der Waals surface area contributed by atoms with E-state index in [9.17, 15) is 4.79 Å². The normalized spacial score (nSPS) is 11.1. The summed E-state index contributed by atoms with van der Waals surface area (Å²) in [7, 11) is 1.85. The van der Waals surface area contributed by atoms with E-state index in [0.717, 1.165) is 21.1 Å². The molecule has 1 amide bonds. The van der Waals surface area contributed by atoms with Crippen molar-refractivity contribution in [2.24, 2.45) is 7.05 Å². The maximum absolute atomic E-state index is 12.6. The van der Waals surface area contributed by atoms with Gasteiger partial charge in [-0.05, 0) is 42.5 Å². The topological polar surface area (TPSA) is 64.7 Å². The third kappa shape index (κ3) is 3.74. The first-order valence-corrected chi connectivity index (χ1v) is 9.37. The van der Waals surface area contributed by atoms with Crippen molar-refractivity contribution in [3.63, 3.8) is 0 Å². The number of rotatable bonds is 4. The smallest absolute Gasteiger partial charge is 0.244 e. The van der Waals surface area contributed by atoms with Crippen LogP contribution in [0, 0.1) is 0 Å². The number of nitrogens with one attached hydrogen (secondary N) is 1. The van der Waals surface area contributed by atoms with E-state index in [-0.39, 0.29) is 12.5 Å². The van der Waals surface area contributed by atoms with Crippen LogP contribution in [0.5, 0.6) is 0 Å². The average molecular weight is 445 g/mol. The summed E-state index contributed by atoms with van der Waals surface area (Å²) in [5, 5.41) is 7.73. The first-order chi connectivity index (χ1) is 13.0. The lowest BCUT2D eigenvalue weighted by molar-refractivity contribution is -0.116. The predicted octanol–water partition coefficient (Wildman–Crippen LogP) is 4.49. The molecule has 136 valence electrons. The Morgan fingerprint density at radius 1 is 1.22 bits per heavy atom. The van der Waals surface area contributed by atoms with Crippen molar-refractivity contribution in [3.8, 4) is 11.4 Å². The summed E-state index contributed by atoms with van der Waals surface area (Å²) >= 11 is 9.37. The third-order valence-corrected chi connectivity index (χ3v) is 4.85. The number of aromatic nitrogens is 4. The highest BCUT2D eigenvalue weighted by Gasteiger charge is 2.17. The van der Waals surface area contributed by atoms with Gasteiger partial charge in [0.1, 0.15) is 12.4 Å². The summed E-state index contributed by atoms with van der Waals surface area (Å²) in [5.41, 5.74) is 3.23. The Hall–Kier alpha value is -2.64. The van der Waals surface area contributed by atoms with Gasteiger partial charge < -0.3 is 9.88 Å². The number of carbonyl (C=O) groups is 1. The monoisotopic (exact) mass is 443 g/mol. The minimum Gasteiger partial charge on any atom is -0.325 e. The zero-order chi connectivity index (χ0) is 19.0. The lowest BCUT2D eigenvalue weighted by atomic mass is 10.3. The van der Waals surface area contributed by atoms with Crippen molar-refractivity contribution in [1.82, 2.24) is 19.3 Å². The summed E-state index contributed by atoms with van der Waals surface area (Å²) in [5.74, 6) is 0.548. The molecule has 0 aliphatic heterocycles. The Balaban J connectivity index is 1.70. The summed E-state index contributed by atoms with van der Waals surface area (Å²) in [4.78, 5) is 17.4. The van der Waals surface area contributed by atoms with Gasteiger partial charge in [0.2, 0.25) is 5.91 Å². The molecule has 8 heteroatoms. The molecular weight excluding hydrogens is 430 g/mol. The van der Waals surface area contributed by atoms with Crippen molar-refractivity contribution in [2.75, 3.05) is 5.32 Å². The number of benzene rings is 2. The molecule has 0 aliphatic rings. The molecule has 0 atom stereocenters. The van der Waals surface area contributed by atoms with Crippen LogP contribution in [-0.2, 0) is 18.4 Å². The summed E-state index contributed by atoms with van der Waals surface area (Å²) in [6, 6.07) is 12.8. The minimum atomic E-state index is -0.148. The Labute approximate surface area is 168 Å². The molecule has 6 nitrogen and oxygen atoms in total. The molecule has 0 radical (unpaired) electrons. The highest BCUT2D eigenvalue weighted by molar-refractivity contribution is 9.10. The van der Waals surface area contributed by atoms with Crippen LogP contribution in [0.3, 0.4) is 0 Å². The van der Waals surface area contributed by atoms with Gasteiger partial charge in [0.05, 0.1) is 22.8 Å². The SMILES string of the molecule is Cn1cc(-c2nc3cc(Br)ccc3n2CC(=O)Nc2ccc(Cl)cc2)cn1. The van der Waals surface area contributed by atoms with Gasteiger partial charge in [-0.25, -0.2) is 4.98 Å². The predicted molar refractivity (Wildman–Crippen MR) is 110 cm³/mol. The van der Waals surface area contributed by atoms with Crippen LogP contribution in [0.4, 0.5) is 5.69 Å². The quantitative estimate of drug-likeness (QED) is 0.504. The van der Waals surface area contributed by atoms with Crippen LogP contribution in [-0.4, -0.2) is 25.2 Å². The molecule has 0 saturated heterocycles. The largest absolute Gasteiger partial charge is 0.325 e. The van der Waals surface area contributed by atoms with Crippen LogP contribution >= 0.6 is 27.5 Å². The van der Waals surface area contributed by atoms with Gasteiger partial charge in [0, 0.05) is 28.4 Å². The van der Waals surface area contributed by atoms with Crippen LogP contribution in [0.15, 0.2) is 59.3 Å². The van der Waals surface area contributed by atoms with Gasteiger partial charge in [-0.15, -0.1) is 0 Å². The fraction of sp³-hybridized carbons (Fsp3) is 0.105. The number of imidazole rings is 1. The van der Waals surface area contributed by atoms with Gasteiger partial charge in [-0.2, -0.15) is 5.10 Å². The second-order valence-corrected chi connectivity index (χ2v) is 7.46. The molecule has 0 aliphatic carbocycles. The molecule has 0 spiro atoms. The van der Waals surface area contributed by atoms with E-state index in [4.69, 9.17) is 16.6 Å². The van der Waals surface area contributed by atoms with Gasteiger partial charge in [0.15, 0.2) is 0 Å². The molecule has 0 fully saturated rings. The number of carbonyl (C=O) groups excluding carboxylic acids is 1. The molecule has 2 heterocycles. The minimum absolute atomic E-state index is 0.130. The Morgan fingerprint density at radius 2 is 2.00 bits per heavy atom. The third-order valence-electron chi connectivity index (χ3n) is 4.10. The second kappa shape index (κ2) is 7.17. The number of amides is 1. The van der Waals surface area contributed by atoms with E-state index in [2.05, 4.69) is 26.3 Å². The van der Waals surface area contributed by atoms with Crippen LogP contribution in [0.1, 0.15) is 0 Å². The van der Waals surface area contributed by atoms with E-state index >= 15 is 0 Å². The zero-order valence-electron chi connectivity index (χ0n) is 14.4. The van der Waals surface area contributed by atoms with E-state index < -0.39 is 0 Å². The van der Waals surface area contributed by atoms with Crippen LogP contribution < -0.4 is 5.32 Å². The van der Waals surface area contributed by atoms with Crippen LogP contribution in [0.2, 0.25) is 5.02 Å². The molecule has 4 aromatic rings. The molecule has 4 rings (SSSR count). The summed E-state index contributed by atoms with van der Waals surface area (Å²) in [6.45, 7) is 0.130. The van der Waals surface area contributed by atoms with Crippen LogP contribution in [0.25, 0.3) is 22.4 Å². The summed E-state index contributed by atoms with van der Waals surface area (Å²) < 4.78 is 4.54.